The quantitative estimate of drug-likeness (QED) is 0.724. The van der Waals surface area contributed by atoms with Crippen LogP contribution < -0.4 is 15.4 Å². The molecule has 1 heterocycles. The van der Waals surface area contributed by atoms with E-state index >= 15 is 0 Å². The van der Waals surface area contributed by atoms with Crippen molar-refractivity contribution < 1.29 is 22.7 Å². The van der Waals surface area contributed by atoms with Gasteiger partial charge in [0.05, 0.1) is 23.4 Å². The molecular weight excluding hydrogens is 412 g/mol. The minimum absolute atomic E-state index is 0.0842. The Hall–Kier alpha value is -2.52. The maximum atomic E-state index is 12.7. The Morgan fingerprint density at radius 2 is 2.07 bits per heavy atom. The van der Waals surface area contributed by atoms with Crippen molar-refractivity contribution in [2.75, 3.05) is 29.2 Å². The van der Waals surface area contributed by atoms with Gasteiger partial charge in [-0.3, -0.25) is 9.59 Å². The second kappa shape index (κ2) is 8.87. The summed E-state index contributed by atoms with van der Waals surface area (Å²) in [4.78, 5) is 25.1. The number of sulfone groups is 1. The van der Waals surface area contributed by atoms with Crippen LogP contribution in [0.4, 0.5) is 11.4 Å². The second-order valence-corrected chi connectivity index (χ2v) is 9.88. The minimum Gasteiger partial charge on any atom is -0.497 e. The first-order chi connectivity index (χ1) is 13.8. The summed E-state index contributed by atoms with van der Waals surface area (Å²) in [5.74, 6) is 0.189. The number of ether oxygens (including phenoxy) is 1. The Morgan fingerprint density at radius 1 is 1.28 bits per heavy atom. The summed E-state index contributed by atoms with van der Waals surface area (Å²) in [5.41, 5.74) is 1.02. The first-order valence-corrected chi connectivity index (χ1v) is 11.7. The van der Waals surface area contributed by atoms with Crippen LogP contribution in [-0.4, -0.2) is 38.8 Å². The highest BCUT2D eigenvalue weighted by molar-refractivity contribution is 7.99. The lowest BCUT2D eigenvalue weighted by Gasteiger charge is -2.11. The van der Waals surface area contributed by atoms with Crippen LogP contribution in [0.25, 0.3) is 0 Å². The molecule has 7 nitrogen and oxygen atoms in total. The predicted molar refractivity (Wildman–Crippen MR) is 113 cm³/mol. The van der Waals surface area contributed by atoms with Crippen molar-refractivity contribution in [3.63, 3.8) is 0 Å². The van der Waals surface area contributed by atoms with E-state index < -0.39 is 15.7 Å². The first-order valence-electron chi connectivity index (χ1n) is 9.03. The van der Waals surface area contributed by atoms with Gasteiger partial charge in [0.1, 0.15) is 5.75 Å². The zero-order valence-electron chi connectivity index (χ0n) is 16.1. The molecule has 2 aromatic rings. The van der Waals surface area contributed by atoms with Crippen LogP contribution in [0.15, 0.2) is 52.3 Å². The smallest absolute Gasteiger partial charge is 0.228 e. The molecule has 2 aromatic carbocycles. The minimum atomic E-state index is -3.68. The van der Waals surface area contributed by atoms with Crippen LogP contribution in [0.5, 0.6) is 5.75 Å². The lowest BCUT2D eigenvalue weighted by Crippen LogP contribution is -2.20. The molecule has 0 radical (unpaired) electrons. The maximum absolute atomic E-state index is 12.7. The fourth-order valence-electron chi connectivity index (χ4n) is 2.74. The predicted octanol–water partition coefficient (Wildman–Crippen LogP) is 3.18. The molecule has 0 aliphatic carbocycles. The van der Waals surface area contributed by atoms with Gasteiger partial charge in [-0.25, -0.2) is 8.42 Å². The van der Waals surface area contributed by atoms with Gasteiger partial charge in [0, 0.05) is 34.7 Å². The Morgan fingerprint density at radius 3 is 2.83 bits per heavy atom. The lowest BCUT2D eigenvalue weighted by molar-refractivity contribution is -0.118. The zero-order valence-corrected chi connectivity index (χ0v) is 17.7. The highest BCUT2D eigenvalue weighted by Crippen LogP contribution is 2.34. The number of amides is 2. The number of carbonyl (C=O) groups is 2. The molecule has 1 unspecified atom stereocenters. The molecule has 154 valence electrons. The van der Waals surface area contributed by atoms with E-state index in [9.17, 15) is 18.0 Å². The summed E-state index contributed by atoms with van der Waals surface area (Å²) >= 11 is 1.51. The van der Waals surface area contributed by atoms with E-state index in [4.69, 9.17) is 4.74 Å². The molecule has 3 rings (SSSR count). The van der Waals surface area contributed by atoms with E-state index in [1.165, 1.54) is 31.0 Å². The van der Waals surface area contributed by atoms with E-state index in [-0.39, 0.29) is 28.9 Å². The number of hydrogen-bond acceptors (Lipinski definition) is 6. The SMILES string of the molecule is COc1cccc(NC(=O)CCS(=O)(=O)c2ccc3c(c2)NC(=O)C(C)CS3)c1. The molecule has 0 fully saturated rings. The van der Waals surface area contributed by atoms with Crippen LogP contribution in [0.2, 0.25) is 0 Å². The van der Waals surface area contributed by atoms with Crippen LogP contribution in [0, 0.1) is 5.92 Å². The molecular formula is C20H22N2O5S2. The second-order valence-electron chi connectivity index (χ2n) is 6.71. The highest BCUT2D eigenvalue weighted by Gasteiger charge is 2.23. The molecule has 29 heavy (non-hydrogen) atoms. The van der Waals surface area contributed by atoms with Crippen molar-refractivity contribution in [3.05, 3.63) is 42.5 Å². The van der Waals surface area contributed by atoms with Crippen molar-refractivity contribution in [2.24, 2.45) is 5.92 Å². The van der Waals surface area contributed by atoms with Gasteiger partial charge in [0.2, 0.25) is 11.8 Å². The number of anilines is 2. The van der Waals surface area contributed by atoms with Gasteiger partial charge in [-0.2, -0.15) is 0 Å². The van der Waals surface area contributed by atoms with Crippen LogP contribution in [0.3, 0.4) is 0 Å². The van der Waals surface area contributed by atoms with Gasteiger partial charge < -0.3 is 15.4 Å². The molecule has 0 saturated heterocycles. The van der Waals surface area contributed by atoms with Crippen molar-refractivity contribution in [1.82, 2.24) is 0 Å². The average molecular weight is 435 g/mol. The number of hydrogen-bond donors (Lipinski definition) is 2. The third kappa shape index (κ3) is 5.30. The molecule has 0 spiro atoms. The number of carbonyl (C=O) groups excluding carboxylic acids is 2. The number of rotatable bonds is 6. The van der Waals surface area contributed by atoms with Gasteiger partial charge in [-0.05, 0) is 30.3 Å². The van der Waals surface area contributed by atoms with Crippen LogP contribution in [-0.2, 0) is 19.4 Å². The molecule has 2 N–H and O–H groups in total. The number of benzene rings is 2. The Balaban J connectivity index is 1.67. The Bertz CT molecular complexity index is 1040. The molecule has 0 aromatic heterocycles. The summed E-state index contributed by atoms with van der Waals surface area (Å²) in [7, 11) is -2.16. The zero-order chi connectivity index (χ0) is 21.0. The number of fused-ring (bicyclic) bond motifs is 1. The van der Waals surface area contributed by atoms with Crippen molar-refractivity contribution in [3.8, 4) is 5.75 Å². The molecule has 9 heteroatoms. The standard InChI is InChI=1S/C20H22N2O5S2/c1-13-12-28-18-7-6-16(11-17(18)22-20(13)24)29(25,26)9-8-19(23)21-14-4-3-5-15(10-14)27-2/h3-7,10-11,13H,8-9,12H2,1-2H3,(H,21,23)(H,22,24). The van der Waals surface area contributed by atoms with E-state index in [0.717, 1.165) is 4.90 Å². The molecule has 1 aliphatic heterocycles. The van der Waals surface area contributed by atoms with Crippen LogP contribution >= 0.6 is 11.8 Å². The van der Waals surface area contributed by atoms with E-state index in [1.54, 1.807) is 30.3 Å². The molecule has 0 bridgehead atoms. The average Bonchev–Trinajstić information content (AvgIpc) is 2.84. The van der Waals surface area contributed by atoms with E-state index in [0.29, 0.717) is 22.9 Å². The Kier molecular flexibility index (Phi) is 6.49. The summed E-state index contributed by atoms with van der Waals surface area (Å²) < 4.78 is 30.5. The third-order valence-corrected chi connectivity index (χ3v) is 7.50. The summed E-state index contributed by atoms with van der Waals surface area (Å²) in [6.07, 6.45) is -0.186. The van der Waals surface area contributed by atoms with E-state index in [2.05, 4.69) is 10.6 Å². The van der Waals surface area contributed by atoms with Crippen molar-refractivity contribution in [1.29, 1.82) is 0 Å². The molecule has 2 amide bonds. The van der Waals surface area contributed by atoms with Gasteiger partial charge in [0.25, 0.3) is 0 Å². The first kappa shape index (κ1) is 21.2. The molecule has 1 atom stereocenters. The topological polar surface area (TPSA) is 102 Å². The third-order valence-electron chi connectivity index (χ3n) is 4.46. The normalized spacial score (nSPS) is 16.3. The van der Waals surface area contributed by atoms with Crippen molar-refractivity contribution in [2.45, 2.75) is 23.1 Å². The van der Waals surface area contributed by atoms with E-state index in [1.807, 2.05) is 6.92 Å². The number of thioether (sulfide) groups is 1. The highest BCUT2D eigenvalue weighted by atomic mass is 32.2. The Labute approximate surface area is 174 Å². The largest absolute Gasteiger partial charge is 0.497 e. The fraction of sp³-hybridized carbons (Fsp3) is 0.300. The summed E-state index contributed by atoms with van der Waals surface area (Å²) in [5, 5.41) is 5.44. The molecule has 1 aliphatic rings. The van der Waals surface area contributed by atoms with Gasteiger partial charge in [0.15, 0.2) is 9.84 Å². The van der Waals surface area contributed by atoms with Gasteiger partial charge in [-0.15, -0.1) is 11.8 Å². The van der Waals surface area contributed by atoms with Gasteiger partial charge >= 0.3 is 0 Å². The maximum Gasteiger partial charge on any atom is 0.228 e. The van der Waals surface area contributed by atoms with Crippen LogP contribution in [0.1, 0.15) is 13.3 Å². The number of nitrogens with one attached hydrogen (secondary N) is 2. The molecule has 0 saturated carbocycles. The van der Waals surface area contributed by atoms with Gasteiger partial charge in [-0.1, -0.05) is 13.0 Å². The summed E-state index contributed by atoms with van der Waals surface area (Å²) in [6, 6.07) is 11.5. The fourth-order valence-corrected chi connectivity index (χ4v) is 5.01. The lowest BCUT2D eigenvalue weighted by atomic mass is 10.2. The van der Waals surface area contributed by atoms with Crippen molar-refractivity contribution >= 4 is 44.8 Å². The number of methoxy groups -OCH3 is 1. The monoisotopic (exact) mass is 434 g/mol. The summed E-state index contributed by atoms with van der Waals surface area (Å²) in [6.45, 7) is 1.83.